The van der Waals surface area contributed by atoms with Gasteiger partial charge in [-0.1, -0.05) is 20.8 Å². The third kappa shape index (κ3) is 3.78. The molecule has 0 aromatic carbocycles. The van der Waals surface area contributed by atoms with E-state index in [0.717, 1.165) is 11.4 Å². The van der Waals surface area contributed by atoms with E-state index in [0.29, 0.717) is 16.5 Å². The fraction of sp³-hybridized carbons (Fsp3) is 0.400. The van der Waals surface area contributed by atoms with E-state index in [1.807, 2.05) is 12.3 Å². The van der Waals surface area contributed by atoms with Crippen molar-refractivity contribution in [2.75, 3.05) is 17.7 Å². The Labute approximate surface area is 128 Å². The minimum Gasteiger partial charge on any atom is -0.373 e. The van der Waals surface area contributed by atoms with Crippen LogP contribution in [0.4, 0.5) is 10.9 Å². The number of amides is 1. The summed E-state index contributed by atoms with van der Waals surface area (Å²) in [6.07, 6.45) is 0. The molecule has 0 aliphatic rings. The molecule has 0 radical (unpaired) electrons. The quantitative estimate of drug-likeness (QED) is 0.911. The molecule has 2 N–H and O–H groups in total. The average Bonchev–Trinajstić information content (AvgIpc) is 2.86. The van der Waals surface area contributed by atoms with Gasteiger partial charge in [0.25, 0.3) is 5.91 Å². The van der Waals surface area contributed by atoms with Crippen LogP contribution in [0.5, 0.6) is 0 Å². The Morgan fingerprint density at radius 2 is 1.95 bits per heavy atom. The molecule has 2 heterocycles. The van der Waals surface area contributed by atoms with Crippen LogP contribution in [0.2, 0.25) is 0 Å². The molecule has 0 unspecified atom stereocenters. The number of nitrogens with one attached hydrogen (secondary N) is 2. The Hall–Kier alpha value is -1.95. The van der Waals surface area contributed by atoms with Crippen molar-refractivity contribution in [2.45, 2.75) is 33.1 Å². The molecule has 0 spiro atoms. The molecule has 0 aliphatic heterocycles. The van der Waals surface area contributed by atoms with E-state index in [1.165, 1.54) is 11.3 Å². The minimum atomic E-state index is -0.174. The number of nitrogens with zero attached hydrogens (tertiary/aromatic N) is 2. The number of carbonyl (C=O) groups excluding carboxylic acids is 1. The van der Waals surface area contributed by atoms with Crippen molar-refractivity contribution in [1.29, 1.82) is 0 Å². The summed E-state index contributed by atoms with van der Waals surface area (Å²) < 4.78 is 0. The Kier molecular flexibility index (Phi) is 4.27. The lowest BCUT2D eigenvalue weighted by Crippen LogP contribution is -2.15. The molecule has 2 aromatic rings. The van der Waals surface area contributed by atoms with Gasteiger partial charge in [0.05, 0.1) is 5.69 Å². The summed E-state index contributed by atoms with van der Waals surface area (Å²) in [6, 6.07) is 3.48. The van der Waals surface area contributed by atoms with E-state index in [2.05, 4.69) is 41.4 Å². The maximum absolute atomic E-state index is 12.3. The second-order valence-electron chi connectivity index (χ2n) is 5.87. The molecule has 0 bridgehead atoms. The Morgan fingerprint density at radius 1 is 1.24 bits per heavy atom. The molecule has 0 saturated carbocycles. The van der Waals surface area contributed by atoms with Crippen LogP contribution < -0.4 is 10.6 Å². The summed E-state index contributed by atoms with van der Waals surface area (Å²) in [6.45, 7) is 8.15. The number of thiazole rings is 1. The summed E-state index contributed by atoms with van der Waals surface area (Å²) >= 11 is 1.44. The van der Waals surface area contributed by atoms with Gasteiger partial charge in [-0.3, -0.25) is 10.1 Å². The molecule has 0 aliphatic carbocycles. The number of pyridine rings is 1. The second kappa shape index (κ2) is 5.81. The highest BCUT2D eigenvalue weighted by atomic mass is 32.1. The van der Waals surface area contributed by atoms with Crippen LogP contribution in [-0.2, 0) is 5.41 Å². The van der Waals surface area contributed by atoms with Gasteiger partial charge in [0, 0.05) is 29.1 Å². The molecule has 112 valence electrons. The molecule has 2 rings (SSSR count). The Balaban J connectivity index is 2.18. The monoisotopic (exact) mass is 304 g/mol. The fourth-order valence-corrected chi connectivity index (χ4v) is 2.70. The van der Waals surface area contributed by atoms with E-state index in [1.54, 1.807) is 19.2 Å². The number of anilines is 2. The maximum atomic E-state index is 12.3. The van der Waals surface area contributed by atoms with Crippen LogP contribution in [0.25, 0.3) is 0 Å². The predicted octanol–water partition coefficient (Wildman–Crippen LogP) is 3.44. The molecule has 1 amide bonds. The van der Waals surface area contributed by atoms with Crippen molar-refractivity contribution in [3.63, 3.8) is 0 Å². The molecule has 6 heteroatoms. The van der Waals surface area contributed by atoms with Crippen LogP contribution in [0, 0.1) is 6.92 Å². The van der Waals surface area contributed by atoms with Crippen molar-refractivity contribution in [3.05, 3.63) is 34.5 Å². The molecule has 21 heavy (non-hydrogen) atoms. The van der Waals surface area contributed by atoms with Crippen molar-refractivity contribution >= 4 is 28.2 Å². The van der Waals surface area contributed by atoms with Crippen LogP contribution >= 0.6 is 11.3 Å². The molecule has 5 nitrogen and oxygen atoms in total. The van der Waals surface area contributed by atoms with Gasteiger partial charge in [0.15, 0.2) is 5.13 Å². The first-order valence-corrected chi connectivity index (χ1v) is 7.61. The maximum Gasteiger partial charge on any atom is 0.257 e. The van der Waals surface area contributed by atoms with Crippen molar-refractivity contribution in [2.24, 2.45) is 0 Å². The smallest absolute Gasteiger partial charge is 0.257 e. The zero-order valence-electron chi connectivity index (χ0n) is 12.9. The van der Waals surface area contributed by atoms with Gasteiger partial charge >= 0.3 is 0 Å². The van der Waals surface area contributed by atoms with Gasteiger partial charge in [0.1, 0.15) is 5.82 Å². The Bertz CT molecular complexity index is 658. The largest absolute Gasteiger partial charge is 0.373 e. The first kappa shape index (κ1) is 15.4. The molecule has 0 saturated heterocycles. The molecular weight excluding hydrogens is 284 g/mol. The van der Waals surface area contributed by atoms with Crippen LogP contribution in [0.15, 0.2) is 17.5 Å². The average molecular weight is 304 g/mol. The van der Waals surface area contributed by atoms with Crippen molar-refractivity contribution in [1.82, 2.24) is 9.97 Å². The van der Waals surface area contributed by atoms with E-state index in [-0.39, 0.29) is 11.3 Å². The normalized spacial score (nSPS) is 11.3. The zero-order valence-corrected chi connectivity index (χ0v) is 13.8. The third-order valence-electron chi connectivity index (χ3n) is 2.96. The Morgan fingerprint density at radius 3 is 2.52 bits per heavy atom. The van der Waals surface area contributed by atoms with Gasteiger partial charge in [-0.2, -0.15) is 0 Å². The van der Waals surface area contributed by atoms with Gasteiger partial charge in [-0.15, -0.1) is 11.3 Å². The highest BCUT2D eigenvalue weighted by molar-refractivity contribution is 7.14. The van der Waals surface area contributed by atoms with Gasteiger partial charge < -0.3 is 5.32 Å². The minimum absolute atomic E-state index is 0.0218. The van der Waals surface area contributed by atoms with Crippen molar-refractivity contribution < 1.29 is 4.79 Å². The second-order valence-corrected chi connectivity index (χ2v) is 6.73. The predicted molar refractivity (Wildman–Crippen MR) is 87.3 cm³/mol. The molecule has 0 atom stereocenters. The lowest BCUT2D eigenvalue weighted by atomic mass is 9.93. The van der Waals surface area contributed by atoms with E-state index in [4.69, 9.17) is 0 Å². The first-order chi connectivity index (χ1) is 9.79. The number of aryl methyl sites for hydroxylation is 1. The first-order valence-electron chi connectivity index (χ1n) is 6.73. The fourth-order valence-electron chi connectivity index (χ4n) is 1.77. The highest BCUT2D eigenvalue weighted by Crippen LogP contribution is 2.26. The summed E-state index contributed by atoms with van der Waals surface area (Å²) in [5, 5.41) is 8.38. The van der Waals surface area contributed by atoms with E-state index >= 15 is 0 Å². The van der Waals surface area contributed by atoms with E-state index < -0.39 is 0 Å². The lowest BCUT2D eigenvalue weighted by molar-refractivity contribution is 0.102. The summed E-state index contributed by atoms with van der Waals surface area (Å²) in [5.74, 6) is 0.501. The number of carbonyl (C=O) groups is 1. The third-order valence-corrected chi connectivity index (χ3v) is 3.72. The van der Waals surface area contributed by atoms with Crippen LogP contribution in [-0.4, -0.2) is 22.9 Å². The van der Waals surface area contributed by atoms with E-state index in [9.17, 15) is 4.79 Å². The highest BCUT2D eigenvalue weighted by Gasteiger charge is 2.18. The zero-order chi connectivity index (χ0) is 15.6. The SMILES string of the molecule is CNc1cc(C(=O)Nc2nc(C(C)(C)C)cs2)cc(C)n1. The van der Waals surface area contributed by atoms with Gasteiger partial charge in [-0.25, -0.2) is 9.97 Å². The number of hydrogen-bond donors (Lipinski definition) is 2. The molecule has 2 aromatic heterocycles. The topological polar surface area (TPSA) is 66.9 Å². The molecule has 0 fully saturated rings. The summed E-state index contributed by atoms with van der Waals surface area (Å²) in [4.78, 5) is 21.0. The van der Waals surface area contributed by atoms with Crippen LogP contribution in [0.1, 0.15) is 42.5 Å². The number of aromatic nitrogens is 2. The van der Waals surface area contributed by atoms with Gasteiger partial charge in [-0.05, 0) is 19.1 Å². The van der Waals surface area contributed by atoms with Crippen molar-refractivity contribution in [3.8, 4) is 0 Å². The number of hydrogen-bond acceptors (Lipinski definition) is 5. The van der Waals surface area contributed by atoms with Crippen LogP contribution in [0.3, 0.4) is 0 Å². The summed E-state index contributed by atoms with van der Waals surface area (Å²) in [5.41, 5.74) is 2.32. The lowest BCUT2D eigenvalue weighted by Gasteiger charge is -2.14. The van der Waals surface area contributed by atoms with Gasteiger partial charge in [0.2, 0.25) is 0 Å². The standard InChI is InChI=1S/C15H20N4OS/c1-9-6-10(7-12(16-5)17-9)13(20)19-14-18-11(8-21-14)15(2,3)4/h6-8H,1-5H3,(H,16,17)(H,18,19,20). The number of rotatable bonds is 3. The summed E-state index contributed by atoms with van der Waals surface area (Å²) in [7, 11) is 1.78. The molecular formula is C15H20N4OS.